The third kappa shape index (κ3) is 3.52. The number of nitrogens with zero attached hydrogens (tertiary/aromatic N) is 2. The first kappa shape index (κ1) is 14.4. The third-order valence-electron chi connectivity index (χ3n) is 3.53. The van der Waals surface area contributed by atoms with Gasteiger partial charge in [-0.25, -0.2) is 0 Å². The van der Waals surface area contributed by atoms with Crippen LogP contribution >= 0.6 is 0 Å². The molecule has 0 aliphatic heterocycles. The maximum absolute atomic E-state index is 11.8. The molecule has 0 fully saturated rings. The van der Waals surface area contributed by atoms with Crippen molar-refractivity contribution in [1.29, 1.82) is 0 Å². The Morgan fingerprint density at radius 3 is 2.79 bits per heavy atom. The van der Waals surface area contributed by atoms with Crippen molar-refractivity contribution in [2.24, 2.45) is 0 Å². The minimum absolute atomic E-state index is 0.250. The number of aromatic nitrogens is 1. The Bertz CT molecular complexity index is 543. The molecule has 0 aromatic carbocycles. The van der Waals surface area contributed by atoms with E-state index in [4.69, 9.17) is 0 Å². The monoisotopic (exact) mass is 283 g/mol. The van der Waals surface area contributed by atoms with E-state index in [2.05, 4.69) is 15.8 Å². The highest BCUT2D eigenvalue weighted by Gasteiger charge is 2.16. The maximum Gasteiger partial charge on any atom is 0.279 e. The van der Waals surface area contributed by atoms with Crippen molar-refractivity contribution < 1.29 is 8.42 Å². The summed E-state index contributed by atoms with van der Waals surface area (Å²) in [6, 6.07) is 3.99. The molecule has 0 amide bonds. The van der Waals surface area contributed by atoms with E-state index in [0.717, 1.165) is 24.2 Å². The van der Waals surface area contributed by atoms with Gasteiger partial charge in [0.1, 0.15) is 0 Å². The van der Waals surface area contributed by atoms with Crippen molar-refractivity contribution in [3.05, 3.63) is 29.1 Å². The van der Waals surface area contributed by atoms with E-state index in [0.29, 0.717) is 6.54 Å². The summed E-state index contributed by atoms with van der Waals surface area (Å²) < 4.78 is 27.5. The molecule has 1 aliphatic carbocycles. The number of hydrogen-bond acceptors (Lipinski definition) is 3. The summed E-state index contributed by atoms with van der Waals surface area (Å²) in [5.74, 6) is 0. The summed E-state index contributed by atoms with van der Waals surface area (Å²) >= 11 is 0. The lowest BCUT2D eigenvalue weighted by molar-refractivity contribution is 0.472. The number of aryl methyl sites for hydroxylation is 2. The molecular formula is C13H21N3O2S. The summed E-state index contributed by atoms with van der Waals surface area (Å²) in [5, 5.41) is 0. The van der Waals surface area contributed by atoms with Gasteiger partial charge in [-0.2, -0.15) is 17.4 Å². The summed E-state index contributed by atoms with van der Waals surface area (Å²) in [6.45, 7) is 2.50. The normalized spacial score (nSPS) is 15.5. The van der Waals surface area contributed by atoms with Gasteiger partial charge in [0.05, 0.1) is 12.2 Å². The van der Waals surface area contributed by atoms with Crippen LogP contribution < -0.4 is 4.72 Å². The number of nitrogens with one attached hydrogen (secondary N) is 1. The predicted octanol–water partition coefficient (Wildman–Crippen LogP) is 1.25. The first-order valence-electron chi connectivity index (χ1n) is 6.71. The molecule has 0 saturated carbocycles. The molecule has 6 heteroatoms. The van der Waals surface area contributed by atoms with E-state index in [1.165, 1.54) is 22.7 Å². The number of fused-ring (bicyclic) bond motifs is 1. The van der Waals surface area contributed by atoms with Crippen molar-refractivity contribution in [2.75, 3.05) is 13.6 Å². The summed E-state index contributed by atoms with van der Waals surface area (Å²) in [5.41, 5.74) is 3.23. The molecule has 106 valence electrons. The molecule has 1 aromatic rings. The van der Waals surface area contributed by atoms with Gasteiger partial charge in [-0.15, -0.1) is 0 Å². The molecule has 0 unspecified atom stereocenters. The van der Waals surface area contributed by atoms with Crippen LogP contribution in [0.5, 0.6) is 0 Å². The van der Waals surface area contributed by atoms with Crippen LogP contribution in [-0.4, -0.2) is 31.3 Å². The zero-order valence-corrected chi connectivity index (χ0v) is 12.3. The van der Waals surface area contributed by atoms with Crippen LogP contribution in [0.15, 0.2) is 12.1 Å². The van der Waals surface area contributed by atoms with Gasteiger partial charge in [0, 0.05) is 19.3 Å². The Morgan fingerprint density at radius 2 is 2.05 bits per heavy atom. The molecule has 1 aromatic heterocycles. The van der Waals surface area contributed by atoms with Crippen molar-refractivity contribution in [3.63, 3.8) is 0 Å². The third-order valence-corrected chi connectivity index (χ3v) is 5.12. The topological polar surface area (TPSA) is 62.3 Å². The SMILES string of the molecule is CCN(C)S(=O)(=O)NCc1ccc2c(n1)CCCC2. The highest BCUT2D eigenvalue weighted by atomic mass is 32.2. The van der Waals surface area contributed by atoms with Crippen LogP contribution in [0, 0.1) is 0 Å². The first-order chi connectivity index (χ1) is 9.03. The Balaban J connectivity index is 2.04. The van der Waals surface area contributed by atoms with Gasteiger partial charge in [-0.05, 0) is 37.3 Å². The number of rotatable bonds is 5. The van der Waals surface area contributed by atoms with Gasteiger partial charge >= 0.3 is 0 Å². The van der Waals surface area contributed by atoms with E-state index in [-0.39, 0.29) is 6.54 Å². The van der Waals surface area contributed by atoms with Crippen LogP contribution in [0.3, 0.4) is 0 Å². The molecule has 0 atom stereocenters. The molecule has 1 heterocycles. The van der Waals surface area contributed by atoms with E-state index in [1.807, 2.05) is 6.07 Å². The predicted molar refractivity (Wildman–Crippen MR) is 74.9 cm³/mol. The quantitative estimate of drug-likeness (QED) is 0.884. The van der Waals surface area contributed by atoms with Crippen molar-refractivity contribution in [2.45, 2.75) is 39.2 Å². The van der Waals surface area contributed by atoms with Crippen LogP contribution in [0.2, 0.25) is 0 Å². The highest BCUT2D eigenvalue weighted by molar-refractivity contribution is 7.87. The second-order valence-electron chi connectivity index (χ2n) is 4.86. The number of pyridine rings is 1. The lowest BCUT2D eigenvalue weighted by Gasteiger charge is -2.17. The zero-order chi connectivity index (χ0) is 13.9. The van der Waals surface area contributed by atoms with Gasteiger partial charge in [0.2, 0.25) is 0 Å². The Morgan fingerprint density at radius 1 is 1.32 bits per heavy atom. The molecular weight excluding hydrogens is 262 g/mol. The van der Waals surface area contributed by atoms with Crippen molar-refractivity contribution in [1.82, 2.24) is 14.0 Å². The van der Waals surface area contributed by atoms with Crippen LogP contribution in [0.4, 0.5) is 0 Å². The van der Waals surface area contributed by atoms with Crippen LogP contribution in [-0.2, 0) is 29.6 Å². The Labute approximate surface area is 115 Å². The molecule has 0 radical (unpaired) electrons. The van der Waals surface area contributed by atoms with Gasteiger partial charge < -0.3 is 0 Å². The molecule has 19 heavy (non-hydrogen) atoms. The fourth-order valence-electron chi connectivity index (χ4n) is 2.17. The average Bonchev–Trinajstić information content (AvgIpc) is 2.44. The fourth-order valence-corrected chi connectivity index (χ4v) is 3.06. The number of hydrogen-bond donors (Lipinski definition) is 1. The lowest BCUT2D eigenvalue weighted by Crippen LogP contribution is -2.37. The van der Waals surface area contributed by atoms with Crippen molar-refractivity contribution >= 4 is 10.2 Å². The highest BCUT2D eigenvalue weighted by Crippen LogP contribution is 2.19. The smallest absolute Gasteiger partial charge is 0.256 e. The molecule has 2 rings (SSSR count). The first-order valence-corrected chi connectivity index (χ1v) is 8.15. The zero-order valence-electron chi connectivity index (χ0n) is 11.5. The van der Waals surface area contributed by atoms with Crippen LogP contribution in [0.1, 0.15) is 36.7 Å². The Kier molecular flexibility index (Phi) is 4.54. The van der Waals surface area contributed by atoms with E-state index >= 15 is 0 Å². The largest absolute Gasteiger partial charge is 0.279 e. The van der Waals surface area contributed by atoms with Crippen molar-refractivity contribution in [3.8, 4) is 0 Å². The molecule has 0 bridgehead atoms. The van der Waals surface area contributed by atoms with E-state index < -0.39 is 10.2 Å². The summed E-state index contributed by atoms with van der Waals surface area (Å²) in [7, 11) is -1.83. The lowest BCUT2D eigenvalue weighted by atomic mass is 9.96. The molecule has 1 N–H and O–H groups in total. The van der Waals surface area contributed by atoms with E-state index in [9.17, 15) is 8.42 Å². The second kappa shape index (κ2) is 5.98. The van der Waals surface area contributed by atoms with Gasteiger partial charge in [-0.3, -0.25) is 4.98 Å². The molecule has 0 saturated heterocycles. The maximum atomic E-state index is 11.8. The molecule has 1 aliphatic rings. The molecule has 5 nitrogen and oxygen atoms in total. The van der Waals surface area contributed by atoms with Crippen LogP contribution in [0.25, 0.3) is 0 Å². The van der Waals surface area contributed by atoms with E-state index in [1.54, 1.807) is 14.0 Å². The summed E-state index contributed by atoms with van der Waals surface area (Å²) in [6.07, 6.45) is 4.49. The van der Waals surface area contributed by atoms with Gasteiger partial charge in [0.15, 0.2) is 0 Å². The van der Waals surface area contributed by atoms with Gasteiger partial charge in [0.25, 0.3) is 10.2 Å². The van der Waals surface area contributed by atoms with Gasteiger partial charge in [-0.1, -0.05) is 13.0 Å². The minimum atomic E-state index is -3.39. The molecule has 0 spiro atoms. The Hall–Kier alpha value is -0.980. The standard InChI is InChI=1S/C13H21N3O2S/c1-3-16(2)19(17,18)14-10-12-9-8-11-6-4-5-7-13(11)15-12/h8-9,14H,3-7,10H2,1-2H3. The second-order valence-corrected chi connectivity index (χ2v) is 6.72. The fraction of sp³-hybridized carbons (Fsp3) is 0.615. The summed E-state index contributed by atoms with van der Waals surface area (Å²) in [4.78, 5) is 4.56. The average molecular weight is 283 g/mol. The minimum Gasteiger partial charge on any atom is -0.256 e.